The van der Waals surface area contributed by atoms with Crippen molar-refractivity contribution in [2.45, 2.75) is 25.4 Å². The second-order valence-corrected chi connectivity index (χ2v) is 5.51. The maximum absolute atomic E-state index is 13.1. The molecule has 18 heavy (non-hydrogen) atoms. The lowest BCUT2D eigenvalue weighted by atomic mass is 9.87. The Morgan fingerprint density at radius 1 is 1.44 bits per heavy atom. The van der Waals surface area contributed by atoms with Crippen molar-refractivity contribution >= 4 is 21.9 Å². The van der Waals surface area contributed by atoms with Gasteiger partial charge in [-0.15, -0.1) is 0 Å². The van der Waals surface area contributed by atoms with E-state index in [1.807, 2.05) is 0 Å². The number of hydrogen-bond donors (Lipinski definition) is 2. The fourth-order valence-corrected chi connectivity index (χ4v) is 3.01. The molecule has 0 spiro atoms. The van der Waals surface area contributed by atoms with Crippen LogP contribution in [0.25, 0.3) is 0 Å². The number of rotatable bonds is 3. The van der Waals surface area contributed by atoms with Gasteiger partial charge in [0.1, 0.15) is 5.82 Å². The molecule has 0 heterocycles. The Kier molecular flexibility index (Phi) is 4.02. The van der Waals surface area contributed by atoms with Crippen LogP contribution in [0.2, 0.25) is 0 Å². The smallest absolute Gasteiger partial charge is 0.306 e. The van der Waals surface area contributed by atoms with Crippen LogP contribution in [-0.4, -0.2) is 16.2 Å². The molecule has 0 bridgehead atoms. The zero-order valence-corrected chi connectivity index (χ0v) is 11.2. The van der Waals surface area contributed by atoms with Gasteiger partial charge in [0.15, 0.2) is 0 Å². The van der Waals surface area contributed by atoms with Crippen molar-refractivity contribution in [3.05, 3.63) is 34.1 Å². The van der Waals surface area contributed by atoms with Crippen LogP contribution in [-0.2, 0) is 4.79 Å². The van der Waals surface area contributed by atoms with Crippen molar-refractivity contribution < 1.29 is 19.4 Å². The van der Waals surface area contributed by atoms with E-state index in [4.69, 9.17) is 5.11 Å². The van der Waals surface area contributed by atoms with Gasteiger partial charge in [-0.1, -0.05) is 12.5 Å². The van der Waals surface area contributed by atoms with Gasteiger partial charge in [0.2, 0.25) is 0 Å². The van der Waals surface area contributed by atoms with E-state index in [9.17, 15) is 14.3 Å². The van der Waals surface area contributed by atoms with Crippen LogP contribution in [0.15, 0.2) is 22.7 Å². The number of carbonyl (C=O) groups is 1. The summed E-state index contributed by atoms with van der Waals surface area (Å²) < 4.78 is 13.4. The van der Waals surface area contributed by atoms with Crippen molar-refractivity contribution in [2.24, 2.45) is 11.8 Å². The summed E-state index contributed by atoms with van der Waals surface area (Å²) in [5.74, 6) is -2.06. The number of halogens is 2. The topological polar surface area (TPSA) is 57.5 Å². The molecule has 1 aromatic rings. The summed E-state index contributed by atoms with van der Waals surface area (Å²) >= 11 is 3.06. The number of hydrogen-bond acceptors (Lipinski definition) is 2. The largest absolute Gasteiger partial charge is 0.481 e. The number of carboxylic acids is 1. The number of aliphatic hydroxyl groups is 1. The number of carboxylic acid groups (broad SMARTS) is 1. The Bertz CT molecular complexity index is 464. The average Bonchev–Trinajstić information content (AvgIpc) is 2.81. The zero-order valence-electron chi connectivity index (χ0n) is 9.64. The Morgan fingerprint density at radius 2 is 2.17 bits per heavy atom. The molecule has 1 saturated carbocycles. The second-order valence-electron chi connectivity index (χ2n) is 4.66. The van der Waals surface area contributed by atoms with Gasteiger partial charge >= 0.3 is 5.97 Å². The van der Waals surface area contributed by atoms with E-state index in [2.05, 4.69) is 15.9 Å². The quantitative estimate of drug-likeness (QED) is 0.900. The summed E-state index contributed by atoms with van der Waals surface area (Å²) in [5, 5.41) is 19.3. The van der Waals surface area contributed by atoms with Gasteiger partial charge in [-0.05, 0) is 46.5 Å². The Balaban J connectivity index is 2.22. The molecular formula is C13H14BrFO3. The Morgan fingerprint density at radius 3 is 2.78 bits per heavy atom. The fraction of sp³-hybridized carbons (Fsp3) is 0.462. The van der Waals surface area contributed by atoms with Crippen LogP contribution in [0, 0.1) is 17.7 Å². The minimum Gasteiger partial charge on any atom is -0.481 e. The molecular weight excluding hydrogens is 303 g/mol. The number of benzene rings is 1. The highest BCUT2D eigenvalue weighted by atomic mass is 79.9. The van der Waals surface area contributed by atoms with Crippen molar-refractivity contribution in [1.29, 1.82) is 0 Å². The Hall–Kier alpha value is -0.940. The first-order valence-corrected chi connectivity index (χ1v) is 6.66. The summed E-state index contributed by atoms with van der Waals surface area (Å²) in [4.78, 5) is 11.1. The average molecular weight is 317 g/mol. The van der Waals surface area contributed by atoms with Gasteiger partial charge < -0.3 is 10.2 Å². The predicted octanol–water partition coefficient (Wildman–Crippen LogP) is 3.12. The molecule has 0 amide bonds. The van der Waals surface area contributed by atoms with Crippen molar-refractivity contribution in [1.82, 2.24) is 0 Å². The molecule has 3 atom stereocenters. The van der Waals surface area contributed by atoms with Crippen molar-refractivity contribution in [3.8, 4) is 0 Å². The van der Waals surface area contributed by atoms with E-state index >= 15 is 0 Å². The standard InChI is InChI=1S/C13H14BrFO3/c14-10-6-7(4-5-11(10)15)12(16)8-2-1-3-9(8)13(17)18/h4-6,8-9,12,16H,1-3H2,(H,17,18). The lowest BCUT2D eigenvalue weighted by Gasteiger charge is -2.22. The van der Waals surface area contributed by atoms with Crippen LogP contribution in [0.3, 0.4) is 0 Å². The van der Waals surface area contributed by atoms with E-state index in [1.165, 1.54) is 18.2 Å². The highest BCUT2D eigenvalue weighted by Crippen LogP contribution is 2.41. The van der Waals surface area contributed by atoms with Gasteiger partial charge in [0, 0.05) is 5.92 Å². The van der Waals surface area contributed by atoms with Gasteiger partial charge in [-0.25, -0.2) is 4.39 Å². The van der Waals surface area contributed by atoms with Gasteiger partial charge in [0.25, 0.3) is 0 Å². The molecule has 1 aliphatic carbocycles. The molecule has 3 unspecified atom stereocenters. The van der Waals surface area contributed by atoms with Crippen LogP contribution in [0.4, 0.5) is 4.39 Å². The lowest BCUT2D eigenvalue weighted by molar-refractivity contribution is -0.144. The van der Waals surface area contributed by atoms with E-state index in [-0.39, 0.29) is 10.4 Å². The molecule has 98 valence electrons. The van der Waals surface area contributed by atoms with Gasteiger partial charge in [0.05, 0.1) is 16.5 Å². The molecule has 0 radical (unpaired) electrons. The van der Waals surface area contributed by atoms with E-state index < -0.39 is 23.8 Å². The van der Waals surface area contributed by atoms with Crippen molar-refractivity contribution in [3.63, 3.8) is 0 Å². The third kappa shape index (κ3) is 2.57. The molecule has 0 aromatic heterocycles. The van der Waals surface area contributed by atoms with Gasteiger partial charge in [-0.3, -0.25) is 4.79 Å². The normalized spacial score (nSPS) is 25.1. The second kappa shape index (κ2) is 5.36. The van der Waals surface area contributed by atoms with Crippen LogP contribution >= 0.6 is 15.9 Å². The number of aliphatic carboxylic acids is 1. The monoisotopic (exact) mass is 316 g/mol. The summed E-state index contributed by atoms with van der Waals surface area (Å²) in [7, 11) is 0. The molecule has 1 aromatic carbocycles. The van der Waals surface area contributed by atoms with Crippen LogP contribution < -0.4 is 0 Å². The third-order valence-corrected chi connectivity index (χ3v) is 4.19. The van der Waals surface area contributed by atoms with E-state index in [1.54, 1.807) is 0 Å². The molecule has 2 rings (SSSR count). The third-order valence-electron chi connectivity index (χ3n) is 3.58. The van der Waals surface area contributed by atoms with Crippen LogP contribution in [0.1, 0.15) is 30.9 Å². The number of aliphatic hydroxyl groups excluding tert-OH is 1. The summed E-state index contributed by atoms with van der Waals surface area (Å²) in [6, 6.07) is 4.28. The molecule has 5 heteroatoms. The maximum atomic E-state index is 13.1. The first-order chi connectivity index (χ1) is 8.50. The Labute approximate surface area is 113 Å². The minimum absolute atomic E-state index is 0.281. The molecule has 0 aliphatic heterocycles. The molecule has 3 nitrogen and oxygen atoms in total. The fourth-order valence-electron chi connectivity index (χ4n) is 2.62. The summed E-state index contributed by atoms with van der Waals surface area (Å²) in [5.41, 5.74) is 0.557. The summed E-state index contributed by atoms with van der Waals surface area (Å²) in [6.45, 7) is 0. The SMILES string of the molecule is O=C(O)C1CCCC1C(O)c1ccc(F)c(Br)c1. The molecule has 0 saturated heterocycles. The maximum Gasteiger partial charge on any atom is 0.306 e. The lowest BCUT2D eigenvalue weighted by Crippen LogP contribution is -2.23. The molecule has 1 aliphatic rings. The van der Waals surface area contributed by atoms with Gasteiger partial charge in [-0.2, -0.15) is 0 Å². The summed E-state index contributed by atoms with van der Waals surface area (Å²) in [6.07, 6.45) is 1.23. The predicted molar refractivity (Wildman–Crippen MR) is 67.5 cm³/mol. The zero-order chi connectivity index (χ0) is 13.3. The van der Waals surface area contributed by atoms with E-state index in [0.717, 1.165) is 6.42 Å². The first kappa shape index (κ1) is 13.5. The molecule has 1 fully saturated rings. The molecule has 2 N–H and O–H groups in total. The minimum atomic E-state index is -0.863. The first-order valence-electron chi connectivity index (χ1n) is 5.86. The highest BCUT2D eigenvalue weighted by molar-refractivity contribution is 9.10. The van der Waals surface area contributed by atoms with E-state index in [0.29, 0.717) is 18.4 Å². The van der Waals surface area contributed by atoms with Crippen molar-refractivity contribution in [2.75, 3.05) is 0 Å². The van der Waals surface area contributed by atoms with Crippen LogP contribution in [0.5, 0.6) is 0 Å². The highest BCUT2D eigenvalue weighted by Gasteiger charge is 2.38.